The third-order valence-electron chi connectivity index (χ3n) is 4.94. The van der Waals surface area contributed by atoms with Gasteiger partial charge in [-0.3, -0.25) is 9.59 Å². The van der Waals surface area contributed by atoms with Gasteiger partial charge < -0.3 is 19.4 Å². The number of benzene rings is 1. The number of nitrogens with zero attached hydrogens (tertiary/aromatic N) is 2. The van der Waals surface area contributed by atoms with E-state index in [2.05, 4.69) is 23.8 Å². The van der Waals surface area contributed by atoms with Crippen LogP contribution in [0, 0.1) is 12.8 Å². The summed E-state index contributed by atoms with van der Waals surface area (Å²) in [4.78, 5) is 38.6. The molecule has 156 valence electrons. The Bertz CT molecular complexity index is 1060. The maximum atomic E-state index is 11.9. The Labute approximate surface area is 169 Å². The number of aryl methyl sites for hydroxylation is 1. The monoisotopic (exact) mass is 400 g/mol. The molecule has 29 heavy (non-hydrogen) atoms. The summed E-state index contributed by atoms with van der Waals surface area (Å²) in [7, 11) is 0. The average Bonchev–Trinajstić information content (AvgIpc) is 2.67. The van der Waals surface area contributed by atoms with E-state index in [1.807, 2.05) is 26.8 Å². The van der Waals surface area contributed by atoms with E-state index in [-0.39, 0.29) is 18.0 Å². The SMILES string of the molecule is CCOC1=NC(C(C)C)C(OCC)=NC1Cc1c(C)ccc2[nH]c(=O)c(=O)[nH]c12. The Kier molecular flexibility index (Phi) is 6.20. The molecule has 0 bridgehead atoms. The summed E-state index contributed by atoms with van der Waals surface area (Å²) in [5.41, 5.74) is 1.70. The van der Waals surface area contributed by atoms with Gasteiger partial charge in [0.15, 0.2) is 0 Å². The molecule has 2 N–H and O–H groups in total. The lowest BCUT2D eigenvalue weighted by molar-refractivity contribution is 0.276. The molecule has 0 saturated heterocycles. The minimum atomic E-state index is -0.676. The van der Waals surface area contributed by atoms with Crippen molar-refractivity contribution >= 4 is 22.8 Å². The van der Waals surface area contributed by atoms with E-state index in [0.29, 0.717) is 42.5 Å². The smallest absolute Gasteiger partial charge is 0.314 e. The third-order valence-corrected chi connectivity index (χ3v) is 4.94. The Balaban J connectivity index is 2.08. The van der Waals surface area contributed by atoms with Crippen molar-refractivity contribution in [3.05, 3.63) is 44.0 Å². The second-order valence-corrected chi connectivity index (χ2v) is 7.40. The predicted octanol–water partition coefficient (Wildman–Crippen LogP) is 2.34. The quantitative estimate of drug-likeness (QED) is 0.751. The fourth-order valence-electron chi connectivity index (χ4n) is 3.49. The molecule has 2 aromatic rings. The lowest BCUT2D eigenvalue weighted by Gasteiger charge is -2.28. The fourth-order valence-corrected chi connectivity index (χ4v) is 3.49. The number of hydrogen-bond donors (Lipinski definition) is 2. The van der Waals surface area contributed by atoms with Crippen LogP contribution in [0.15, 0.2) is 31.7 Å². The molecule has 2 unspecified atom stereocenters. The second kappa shape index (κ2) is 8.63. The van der Waals surface area contributed by atoms with Crippen LogP contribution in [0.4, 0.5) is 0 Å². The number of rotatable bonds is 5. The van der Waals surface area contributed by atoms with Crippen LogP contribution in [0.1, 0.15) is 38.8 Å². The minimum Gasteiger partial charge on any atom is -0.480 e. The molecule has 1 aliphatic rings. The van der Waals surface area contributed by atoms with Gasteiger partial charge in [-0.05, 0) is 43.9 Å². The third kappa shape index (κ3) is 4.26. The fraction of sp³-hybridized carbons (Fsp3) is 0.524. The van der Waals surface area contributed by atoms with E-state index in [9.17, 15) is 9.59 Å². The lowest BCUT2D eigenvalue weighted by atomic mass is 9.97. The first-order chi connectivity index (χ1) is 13.8. The van der Waals surface area contributed by atoms with Crippen LogP contribution in [-0.2, 0) is 15.9 Å². The molecule has 0 saturated carbocycles. The van der Waals surface area contributed by atoms with Gasteiger partial charge in [-0.15, -0.1) is 0 Å². The van der Waals surface area contributed by atoms with Gasteiger partial charge in [-0.2, -0.15) is 0 Å². The van der Waals surface area contributed by atoms with E-state index in [4.69, 9.17) is 19.5 Å². The average molecular weight is 400 g/mol. The highest BCUT2D eigenvalue weighted by Gasteiger charge is 2.32. The van der Waals surface area contributed by atoms with E-state index >= 15 is 0 Å². The van der Waals surface area contributed by atoms with Crippen LogP contribution in [0.2, 0.25) is 0 Å². The van der Waals surface area contributed by atoms with Crippen LogP contribution in [-0.4, -0.2) is 47.1 Å². The molecule has 2 heterocycles. The standard InChI is InChI=1S/C21H28N4O4/c1-6-28-20-15(23-21(29-7-2)16(25-20)11(3)4)10-13-12(5)8-9-14-17(13)24-19(27)18(26)22-14/h8-9,11,15-16H,6-7,10H2,1-5H3,(H,22,26)(H,24,27). The number of aromatic nitrogens is 2. The van der Waals surface area contributed by atoms with E-state index in [1.54, 1.807) is 6.07 Å². The molecular weight excluding hydrogens is 372 g/mol. The van der Waals surface area contributed by atoms with Gasteiger partial charge in [-0.25, -0.2) is 9.98 Å². The van der Waals surface area contributed by atoms with Crippen LogP contribution < -0.4 is 11.1 Å². The molecular formula is C21H28N4O4. The van der Waals surface area contributed by atoms with Gasteiger partial charge >= 0.3 is 11.1 Å². The molecule has 8 heteroatoms. The van der Waals surface area contributed by atoms with Crippen molar-refractivity contribution in [2.24, 2.45) is 15.9 Å². The van der Waals surface area contributed by atoms with Crippen molar-refractivity contribution in [1.29, 1.82) is 0 Å². The zero-order valence-electron chi connectivity index (χ0n) is 17.5. The zero-order chi connectivity index (χ0) is 21.1. The van der Waals surface area contributed by atoms with Gasteiger partial charge in [0.05, 0.1) is 24.2 Å². The summed E-state index contributed by atoms with van der Waals surface area (Å²) in [6.45, 7) is 10.9. The van der Waals surface area contributed by atoms with E-state index < -0.39 is 11.1 Å². The summed E-state index contributed by atoms with van der Waals surface area (Å²) in [6, 6.07) is 3.15. The number of aliphatic imine (C=N–C) groups is 2. The first kappa shape index (κ1) is 20.8. The Hall–Kier alpha value is -2.90. The van der Waals surface area contributed by atoms with Gasteiger partial charge in [0.1, 0.15) is 12.1 Å². The van der Waals surface area contributed by atoms with Crippen molar-refractivity contribution in [3.8, 4) is 0 Å². The van der Waals surface area contributed by atoms with Gasteiger partial charge in [-0.1, -0.05) is 19.9 Å². The van der Waals surface area contributed by atoms with Gasteiger partial charge in [0.25, 0.3) is 0 Å². The molecule has 8 nitrogen and oxygen atoms in total. The van der Waals surface area contributed by atoms with Crippen molar-refractivity contribution < 1.29 is 9.47 Å². The molecule has 0 spiro atoms. The first-order valence-corrected chi connectivity index (χ1v) is 10.0. The number of nitrogens with one attached hydrogen (secondary N) is 2. The van der Waals surface area contributed by atoms with E-state index in [1.165, 1.54) is 0 Å². The molecule has 2 atom stereocenters. The predicted molar refractivity (Wildman–Crippen MR) is 114 cm³/mol. The second-order valence-electron chi connectivity index (χ2n) is 7.40. The van der Waals surface area contributed by atoms with Crippen LogP contribution >= 0.6 is 0 Å². The topological polar surface area (TPSA) is 109 Å². The minimum absolute atomic E-state index is 0.183. The molecule has 3 rings (SSSR count). The zero-order valence-corrected chi connectivity index (χ0v) is 17.5. The number of aromatic amines is 2. The Morgan fingerprint density at radius 2 is 1.66 bits per heavy atom. The summed E-state index contributed by atoms with van der Waals surface area (Å²) in [5, 5.41) is 0. The molecule has 0 radical (unpaired) electrons. The van der Waals surface area contributed by atoms with Crippen molar-refractivity contribution in [3.63, 3.8) is 0 Å². The summed E-state index contributed by atoms with van der Waals surface area (Å²) in [5.74, 6) is 1.39. The number of ether oxygens (including phenoxy) is 2. The Morgan fingerprint density at radius 3 is 2.31 bits per heavy atom. The molecule has 0 aliphatic carbocycles. The molecule has 1 aromatic heterocycles. The molecule has 0 fully saturated rings. The van der Waals surface area contributed by atoms with Gasteiger partial charge in [0.2, 0.25) is 11.8 Å². The first-order valence-electron chi connectivity index (χ1n) is 10.0. The number of H-pyrrole nitrogens is 2. The van der Waals surface area contributed by atoms with Gasteiger partial charge in [0, 0.05) is 6.42 Å². The maximum absolute atomic E-state index is 11.9. The molecule has 0 amide bonds. The highest BCUT2D eigenvalue weighted by molar-refractivity contribution is 5.94. The van der Waals surface area contributed by atoms with Crippen LogP contribution in [0.3, 0.4) is 0 Å². The maximum Gasteiger partial charge on any atom is 0.314 e. The lowest BCUT2D eigenvalue weighted by Crippen LogP contribution is -2.39. The highest BCUT2D eigenvalue weighted by Crippen LogP contribution is 2.24. The van der Waals surface area contributed by atoms with Crippen molar-refractivity contribution in [2.45, 2.75) is 53.1 Å². The largest absolute Gasteiger partial charge is 0.480 e. The summed E-state index contributed by atoms with van der Waals surface area (Å²) >= 11 is 0. The van der Waals surface area contributed by atoms with Crippen LogP contribution in [0.5, 0.6) is 0 Å². The van der Waals surface area contributed by atoms with E-state index in [0.717, 1.165) is 11.1 Å². The number of hydrogen-bond acceptors (Lipinski definition) is 6. The molecule has 1 aliphatic heterocycles. The highest BCUT2D eigenvalue weighted by atomic mass is 16.5. The Morgan fingerprint density at radius 1 is 1.00 bits per heavy atom. The summed E-state index contributed by atoms with van der Waals surface area (Å²) in [6.07, 6.45) is 0.464. The normalized spacial score (nSPS) is 19.2. The summed E-state index contributed by atoms with van der Waals surface area (Å²) < 4.78 is 11.6. The number of fused-ring (bicyclic) bond motifs is 1. The van der Waals surface area contributed by atoms with Crippen molar-refractivity contribution in [1.82, 2.24) is 9.97 Å². The molecule has 1 aromatic carbocycles. The van der Waals surface area contributed by atoms with Crippen LogP contribution in [0.25, 0.3) is 11.0 Å². The van der Waals surface area contributed by atoms with Crippen molar-refractivity contribution in [2.75, 3.05) is 13.2 Å².